The first kappa shape index (κ1) is 11.1. The van der Waals surface area contributed by atoms with Crippen LogP contribution in [-0.2, 0) is 8.98 Å². The number of hydrogen-bond acceptors (Lipinski definition) is 3. The maximum atomic E-state index is 11.4. The summed E-state index contributed by atoms with van der Waals surface area (Å²) in [5.41, 5.74) is 0.994. The van der Waals surface area contributed by atoms with Crippen LogP contribution >= 0.6 is 12.9 Å². The molecule has 1 unspecified atom stereocenters. The molecule has 0 radical (unpaired) electrons. The van der Waals surface area contributed by atoms with Gasteiger partial charge in [-0.05, 0) is 12.0 Å². The first-order chi connectivity index (χ1) is 6.79. The van der Waals surface area contributed by atoms with Crippen molar-refractivity contribution in [2.75, 3.05) is 0 Å². The molecule has 1 rings (SSSR count). The molecule has 0 aliphatic rings. The molecule has 0 aromatic heterocycles. The standard InChI is InChI=1S/C11H14O2S/c1-2-6-10(11(12)13-14)9-7-4-3-5-8-9/h3-5,7-8,10,14H,2,6H2,1H3. The van der Waals surface area contributed by atoms with Crippen LogP contribution in [0.5, 0.6) is 0 Å². The van der Waals surface area contributed by atoms with E-state index in [4.69, 9.17) is 0 Å². The van der Waals surface area contributed by atoms with E-state index in [0.717, 1.165) is 18.4 Å². The van der Waals surface area contributed by atoms with Gasteiger partial charge in [-0.1, -0.05) is 43.7 Å². The predicted octanol–water partition coefficient (Wildman–Crippen LogP) is 2.96. The van der Waals surface area contributed by atoms with Crippen molar-refractivity contribution < 1.29 is 8.98 Å². The highest BCUT2D eigenvalue weighted by atomic mass is 32.1. The van der Waals surface area contributed by atoms with Crippen molar-refractivity contribution in [1.82, 2.24) is 0 Å². The molecule has 0 saturated heterocycles. The quantitative estimate of drug-likeness (QED) is 0.611. The van der Waals surface area contributed by atoms with Crippen LogP contribution < -0.4 is 0 Å². The Labute approximate surface area is 89.9 Å². The molecule has 76 valence electrons. The summed E-state index contributed by atoms with van der Waals surface area (Å²) in [4.78, 5) is 11.4. The summed E-state index contributed by atoms with van der Waals surface area (Å²) < 4.78 is 4.47. The summed E-state index contributed by atoms with van der Waals surface area (Å²) in [6.07, 6.45) is 1.74. The summed E-state index contributed by atoms with van der Waals surface area (Å²) in [6.45, 7) is 2.04. The van der Waals surface area contributed by atoms with Crippen molar-refractivity contribution in [3.8, 4) is 0 Å². The molecule has 3 heteroatoms. The number of rotatable bonds is 4. The van der Waals surface area contributed by atoms with Gasteiger partial charge < -0.3 is 4.18 Å². The van der Waals surface area contributed by atoms with E-state index in [0.29, 0.717) is 0 Å². The summed E-state index contributed by atoms with van der Waals surface area (Å²) in [5.74, 6) is -0.458. The van der Waals surface area contributed by atoms with Crippen LogP contribution in [-0.4, -0.2) is 5.97 Å². The normalized spacial score (nSPS) is 12.1. The number of thiol groups is 1. The topological polar surface area (TPSA) is 26.3 Å². The maximum Gasteiger partial charge on any atom is 0.325 e. The fourth-order valence-corrected chi connectivity index (χ4v) is 1.59. The second-order valence-electron chi connectivity index (χ2n) is 3.16. The van der Waals surface area contributed by atoms with Gasteiger partial charge in [-0.25, -0.2) is 0 Å². The van der Waals surface area contributed by atoms with E-state index >= 15 is 0 Å². The lowest BCUT2D eigenvalue weighted by Gasteiger charge is -2.12. The maximum absolute atomic E-state index is 11.4. The highest BCUT2D eigenvalue weighted by molar-refractivity contribution is 7.75. The largest absolute Gasteiger partial charge is 0.394 e. The van der Waals surface area contributed by atoms with Gasteiger partial charge in [-0.3, -0.25) is 4.79 Å². The average Bonchev–Trinajstić information content (AvgIpc) is 2.26. The fraction of sp³-hybridized carbons (Fsp3) is 0.364. The minimum atomic E-state index is -0.276. The van der Waals surface area contributed by atoms with Crippen molar-refractivity contribution in [3.63, 3.8) is 0 Å². The van der Waals surface area contributed by atoms with Crippen LogP contribution in [0.3, 0.4) is 0 Å². The molecule has 14 heavy (non-hydrogen) atoms. The Balaban J connectivity index is 2.83. The Bertz CT molecular complexity index is 285. The molecule has 1 atom stereocenters. The molecule has 0 aliphatic carbocycles. The lowest BCUT2D eigenvalue weighted by molar-refractivity contribution is -0.134. The van der Waals surface area contributed by atoms with Crippen LogP contribution in [0.25, 0.3) is 0 Å². The average molecular weight is 210 g/mol. The third-order valence-electron chi connectivity index (χ3n) is 2.15. The Morgan fingerprint density at radius 1 is 1.43 bits per heavy atom. The SMILES string of the molecule is CCCC(C(=O)OS)c1ccccc1. The molecule has 0 spiro atoms. The molecule has 0 heterocycles. The van der Waals surface area contributed by atoms with Gasteiger partial charge in [-0.15, -0.1) is 0 Å². The van der Waals surface area contributed by atoms with Crippen LogP contribution in [0.15, 0.2) is 30.3 Å². The van der Waals surface area contributed by atoms with E-state index in [1.807, 2.05) is 37.3 Å². The third-order valence-corrected chi connectivity index (χ3v) is 2.33. The second-order valence-corrected chi connectivity index (χ2v) is 3.34. The van der Waals surface area contributed by atoms with Crippen LogP contribution in [0.1, 0.15) is 31.2 Å². The van der Waals surface area contributed by atoms with Crippen LogP contribution in [0, 0.1) is 0 Å². The Kier molecular flexibility index (Phi) is 4.53. The highest BCUT2D eigenvalue weighted by Crippen LogP contribution is 2.22. The molecule has 1 aromatic rings. The van der Waals surface area contributed by atoms with E-state index in [1.54, 1.807) is 0 Å². The van der Waals surface area contributed by atoms with Gasteiger partial charge in [-0.2, -0.15) is 0 Å². The molecule has 0 fully saturated rings. The molecule has 1 aromatic carbocycles. The van der Waals surface area contributed by atoms with E-state index in [1.165, 1.54) is 0 Å². The summed E-state index contributed by atoms with van der Waals surface area (Å²) >= 11 is 3.55. The van der Waals surface area contributed by atoms with E-state index in [2.05, 4.69) is 17.1 Å². The van der Waals surface area contributed by atoms with Crippen molar-refractivity contribution in [1.29, 1.82) is 0 Å². The fourth-order valence-electron chi connectivity index (χ4n) is 1.46. The van der Waals surface area contributed by atoms with Crippen molar-refractivity contribution >= 4 is 18.9 Å². The monoisotopic (exact) mass is 210 g/mol. The minimum absolute atomic E-state index is 0.182. The summed E-state index contributed by atoms with van der Waals surface area (Å²) in [6, 6.07) is 9.64. The van der Waals surface area contributed by atoms with Gasteiger partial charge in [0.2, 0.25) is 0 Å². The van der Waals surface area contributed by atoms with Gasteiger partial charge >= 0.3 is 5.97 Å². The van der Waals surface area contributed by atoms with Gasteiger partial charge in [0.15, 0.2) is 0 Å². The first-order valence-corrected chi connectivity index (χ1v) is 5.06. The number of carbonyl (C=O) groups excluding carboxylic acids is 1. The van der Waals surface area contributed by atoms with Crippen molar-refractivity contribution in [2.45, 2.75) is 25.7 Å². The zero-order valence-electron chi connectivity index (χ0n) is 8.14. The van der Waals surface area contributed by atoms with Gasteiger partial charge in [0, 0.05) is 12.9 Å². The third kappa shape index (κ3) is 2.77. The number of benzene rings is 1. The Hall–Kier alpha value is -0.960. The lowest BCUT2D eigenvalue weighted by Crippen LogP contribution is -2.12. The minimum Gasteiger partial charge on any atom is -0.394 e. The first-order valence-electron chi connectivity index (χ1n) is 4.69. The molecular weight excluding hydrogens is 196 g/mol. The number of hydrogen-bond donors (Lipinski definition) is 1. The van der Waals surface area contributed by atoms with E-state index in [9.17, 15) is 4.79 Å². The van der Waals surface area contributed by atoms with Crippen LogP contribution in [0.4, 0.5) is 0 Å². The van der Waals surface area contributed by atoms with E-state index in [-0.39, 0.29) is 11.9 Å². The highest BCUT2D eigenvalue weighted by Gasteiger charge is 2.20. The Morgan fingerprint density at radius 3 is 2.57 bits per heavy atom. The molecule has 2 nitrogen and oxygen atoms in total. The smallest absolute Gasteiger partial charge is 0.325 e. The van der Waals surface area contributed by atoms with Crippen molar-refractivity contribution in [3.05, 3.63) is 35.9 Å². The molecule has 0 bridgehead atoms. The van der Waals surface area contributed by atoms with Crippen LogP contribution in [0.2, 0.25) is 0 Å². The van der Waals surface area contributed by atoms with Gasteiger partial charge in [0.25, 0.3) is 0 Å². The number of carbonyl (C=O) groups is 1. The zero-order chi connectivity index (χ0) is 10.4. The molecule has 0 saturated carbocycles. The zero-order valence-corrected chi connectivity index (χ0v) is 9.04. The summed E-state index contributed by atoms with van der Waals surface area (Å²) in [7, 11) is 0. The second kappa shape index (κ2) is 5.70. The predicted molar refractivity (Wildman–Crippen MR) is 59.2 cm³/mol. The van der Waals surface area contributed by atoms with Gasteiger partial charge in [0.05, 0.1) is 5.92 Å². The molecule has 0 amide bonds. The van der Waals surface area contributed by atoms with Gasteiger partial charge in [0.1, 0.15) is 0 Å². The Morgan fingerprint density at radius 2 is 2.07 bits per heavy atom. The summed E-state index contributed by atoms with van der Waals surface area (Å²) in [5, 5.41) is 0. The molecule has 0 N–H and O–H groups in total. The van der Waals surface area contributed by atoms with E-state index < -0.39 is 0 Å². The molecular formula is C11H14O2S. The lowest BCUT2D eigenvalue weighted by atomic mass is 9.95. The van der Waals surface area contributed by atoms with Crippen molar-refractivity contribution in [2.24, 2.45) is 0 Å². The molecule has 0 aliphatic heterocycles.